The highest BCUT2D eigenvalue weighted by Crippen LogP contribution is 2.37. The average Bonchev–Trinajstić information content (AvgIpc) is 2.66. The average molecular weight is 373 g/mol. The number of hydrogen-bond acceptors (Lipinski definition) is 7. The summed E-state index contributed by atoms with van der Waals surface area (Å²) < 4.78 is 15.7. The van der Waals surface area contributed by atoms with Crippen molar-refractivity contribution in [2.75, 3.05) is 21.3 Å². The predicted octanol–water partition coefficient (Wildman–Crippen LogP) is 2.69. The molecule has 0 heterocycles. The van der Waals surface area contributed by atoms with Gasteiger partial charge >= 0.3 is 0 Å². The van der Waals surface area contributed by atoms with Crippen molar-refractivity contribution < 1.29 is 23.9 Å². The molecule has 0 bridgehead atoms. The lowest BCUT2D eigenvalue weighted by atomic mass is 10.1. The summed E-state index contributed by atoms with van der Waals surface area (Å²) in [5.41, 5.74) is 3.26. The van der Waals surface area contributed by atoms with Crippen LogP contribution >= 0.6 is 0 Å². The summed E-state index contributed by atoms with van der Waals surface area (Å²) in [5.74, 6) is 0.770. The molecule has 9 heteroatoms. The highest BCUT2D eigenvalue weighted by Gasteiger charge is 2.17. The van der Waals surface area contributed by atoms with Gasteiger partial charge in [-0.15, -0.1) is 0 Å². The molecule has 0 saturated carbocycles. The van der Waals surface area contributed by atoms with Crippen LogP contribution in [0.3, 0.4) is 0 Å². The number of nitro groups is 1. The maximum Gasteiger partial charge on any atom is 0.273 e. The minimum absolute atomic E-state index is 0.128. The first-order valence-corrected chi connectivity index (χ1v) is 7.80. The summed E-state index contributed by atoms with van der Waals surface area (Å²) in [6.07, 6.45) is 1.40. The number of benzene rings is 2. The maximum absolute atomic E-state index is 12.3. The summed E-state index contributed by atoms with van der Waals surface area (Å²) >= 11 is 0. The van der Waals surface area contributed by atoms with Crippen LogP contribution in [-0.4, -0.2) is 38.4 Å². The first-order valence-electron chi connectivity index (χ1n) is 7.80. The zero-order valence-corrected chi connectivity index (χ0v) is 15.3. The molecule has 9 nitrogen and oxygen atoms in total. The fourth-order valence-electron chi connectivity index (χ4n) is 2.47. The minimum Gasteiger partial charge on any atom is -0.493 e. The Hall–Kier alpha value is -3.62. The molecule has 0 aliphatic heterocycles. The lowest BCUT2D eigenvalue weighted by molar-refractivity contribution is -0.385. The molecule has 0 radical (unpaired) electrons. The van der Waals surface area contributed by atoms with E-state index in [1.165, 1.54) is 52.7 Å². The van der Waals surface area contributed by atoms with Gasteiger partial charge in [0.25, 0.3) is 11.6 Å². The topological polar surface area (TPSA) is 112 Å². The normalized spacial score (nSPS) is 10.5. The molecule has 0 aromatic heterocycles. The molecule has 0 fully saturated rings. The number of hydrazone groups is 1. The van der Waals surface area contributed by atoms with Crippen molar-refractivity contribution in [1.29, 1.82) is 0 Å². The molecule has 27 heavy (non-hydrogen) atoms. The van der Waals surface area contributed by atoms with E-state index in [2.05, 4.69) is 10.5 Å². The number of hydrogen-bond donors (Lipinski definition) is 1. The van der Waals surface area contributed by atoms with Gasteiger partial charge in [0, 0.05) is 17.2 Å². The summed E-state index contributed by atoms with van der Waals surface area (Å²) in [6.45, 7) is 1.51. The fourth-order valence-corrected chi connectivity index (χ4v) is 2.47. The third-order valence-corrected chi connectivity index (χ3v) is 3.81. The highest BCUT2D eigenvalue weighted by atomic mass is 16.6. The zero-order valence-electron chi connectivity index (χ0n) is 15.3. The van der Waals surface area contributed by atoms with E-state index in [0.29, 0.717) is 22.8 Å². The molecule has 1 amide bonds. The van der Waals surface area contributed by atoms with E-state index in [1.54, 1.807) is 12.1 Å². The number of rotatable bonds is 7. The van der Waals surface area contributed by atoms with Crippen LogP contribution in [0.1, 0.15) is 21.5 Å². The number of nitrogens with one attached hydrogen (secondary N) is 1. The standard InChI is InChI=1S/C18H19N3O6/c1-11-13(6-5-7-14(11)21(23)24)18(22)20-19-10-12-8-15(25-2)17(27-4)16(9-12)26-3/h5-10H,1-4H3,(H,20,22)/b19-10+. The van der Waals surface area contributed by atoms with E-state index in [1.807, 2.05) is 0 Å². The Bertz CT molecular complexity index is 870. The van der Waals surface area contributed by atoms with Gasteiger partial charge in [-0.3, -0.25) is 14.9 Å². The van der Waals surface area contributed by atoms with E-state index < -0.39 is 10.8 Å². The molecular weight excluding hydrogens is 354 g/mol. The van der Waals surface area contributed by atoms with Crippen molar-refractivity contribution in [3.63, 3.8) is 0 Å². The van der Waals surface area contributed by atoms with Gasteiger partial charge in [-0.05, 0) is 25.1 Å². The van der Waals surface area contributed by atoms with Gasteiger partial charge in [0.2, 0.25) is 5.75 Å². The third kappa shape index (κ3) is 4.32. The molecule has 0 aliphatic carbocycles. The molecule has 0 aliphatic rings. The lowest BCUT2D eigenvalue weighted by Crippen LogP contribution is -2.19. The monoisotopic (exact) mass is 373 g/mol. The first-order chi connectivity index (χ1) is 12.9. The zero-order chi connectivity index (χ0) is 20.0. The van der Waals surface area contributed by atoms with Crippen LogP contribution in [0.4, 0.5) is 5.69 Å². The molecule has 0 atom stereocenters. The molecular formula is C18H19N3O6. The smallest absolute Gasteiger partial charge is 0.273 e. The maximum atomic E-state index is 12.3. The summed E-state index contributed by atoms with van der Waals surface area (Å²) in [4.78, 5) is 22.7. The Labute approximate surface area is 155 Å². The lowest BCUT2D eigenvalue weighted by Gasteiger charge is -2.12. The number of carbonyl (C=O) groups is 1. The Morgan fingerprint density at radius 3 is 2.30 bits per heavy atom. The van der Waals surface area contributed by atoms with Crippen molar-refractivity contribution in [3.8, 4) is 17.2 Å². The van der Waals surface area contributed by atoms with Gasteiger partial charge in [0.15, 0.2) is 11.5 Å². The molecule has 142 valence electrons. The van der Waals surface area contributed by atoms with Crippen molar-refractivity contribution >= 4 is 17.8 Å². The van der Waals surface area contributed by atoms with E-state index in [9.17, 15) is 14.9 Å². The molecule has 0 spiro atoms. The quantitative estimate of drug-likeness (QED) is 0.454. The molecule has 1 N–H and O–H groups in total. The van der Waals surface area contributed by atoms with E-state index in [0.717, 1.165) is 0 Å². The van der Waals surface area contributed by atoms with E-state index in [4.69, 9.17) is 14.2 Å². The fraction of sp³-hybridized carbons (Fsp3) is 0.222. The van der Waals surface area contributed by atoms with Crippen molar-refractivity contribution in [2.24, 2.45) is 5.10 Å². The van der Waals surface area contributed by atoms with Crippen LogP contribution in [0.2, 0.25) is 0 Å². The summed E-state index contributed by atoms with van der Waals surface area (Å²) in [6, 6.07) is 7.60. The Kier molecular flexibility index (Phi) is 6.32. The van der Waals surface area contributed by atoms with Crippen LogP contribution in [0.5, 0.6) is 17.2 Å². The van der Waals surface area contributed by atoms with Crippen molar-refractivity contribution in [2.45, 2.75) is 6.92 Å². The van der Waals surface area contributed by atoms with Crippen LogP contribution in [0.15, 0.2) is 35.4 Å². The Morgan fingerprint density at radius 1 is 1.15 bits per heavy atom. The number of nitrogens with zero attached hydrogens (tertiary/aromatic N) is 2. The second-order valence-corrected chi connectivity index (χ2v) is 5.36. The predicted molar refractivity (Wildman–Crippen MR) is 99.0 cm³/mol. The van der Waals surface area contributed by atoms with Gasteiger partial charge < -0.3 is 14.2 Å². The van der Waals surface area contributed by atoms with Gasteiger partial charge in [0.05, 0.1) is 38.0 Å². The number of methoxy groups -OCH3 is 3. The second-order valence-electron chi connectivity index (χ2n) is 5.36. The Morgan fingerprint density at radius 2 is 1.78 bits per heavy atom. The number of ether oxygens (including phenoxy) is 3. The molecule has 2 rings (SSSR count). The molecule has 0 saturated heterocycles. The molecule has 0 unspecified atom stereocenters. The van der Waals surface area contributed by atoms with Gasteiger partial charge in [-0.2, -0.15) is 5.10 Å². The molecule has 2 aromatic rings. The summed E-state index contributed by atoms with van der Waals surface area (Å²) in [5, 5.41) is 14.9. The SMILES string of the molecule is COc1cc(/C=N/NC(=O)c2cccc([N+](=O)[O-])c2C)cc(OC)c1OC. The van der Waals surface area contributed by atoms with Crippen LogP contribution in [0.25, 0.3) is 0 Å². The van der Waals surface area contributed by atoms with Crippen molar-refractivity contribution in [1.82, 2.24) is 5.43 Å². The summed E-state index contributed by atoms with van der Waals surface area (Å²) in [7, 11) is 4.48. The number of nitro benzene ring substituents is 1. The first kappa shape index (κ1) is 19.7. The minimum atomic E-state index is -0.556. The van der Waals surface area contributed by atoms with Crippen LogP contribution in [-0.2, 0) is 0 Å². The van der Waals surface area contributed by atoms with E-state index in [-0.39, 0.29) is 16.8 Å². The van der Waals surface area contributed by atoms with Crippen molar-refractivity contribution in [3.05, 3.63) is 57.1 Å². The van der Waals surface area contributed by atoms with Gasteiger partial charge in [-0.25, -0.2) is 5.43 Å². The van der Waals surface area contributed by atoms with E-state index >= 15 is 0 Å². The third-order valence-electron chi connectivity index (χ3n) is 3.81. The van der Waals surface area contributed by atoms with Gasteiger partial charge in [-0.1, -0.05) is 6.07 Å². The highest BCUT2D eigenvalue weighted by molar-refractivity contribution is 5.97. The van der Waals surface area contributed by atoms with Crippen LogP contribution in [0, 0.1) is 17.0 Å². The largest absolute Gasteiger partial charge is 0.493 e. The number of amides is 1. The van der Waals surface area contributed by atoms with Gasteiger partial charge in [0.1, 0.15) is 0 Å². The second kappa shape index (κ2) is 8.65. The Balaban J connectivity index is 2.22. The number of carbonyl (C=O) groups excluding carboxylic acids is 1. The molecule has 2 aromatic carbocycles. The van der Waals surface area contributed by atoms with Crippen LogP contribution < -0.4 is 19.6 Å².